The van der Waals surface area contributed by atoms with E-state index in [4.69, 9.17) is 18.9 Å². The Bertz CT molecular complexity index is 1270. The predicted octanol–water partition coefficient (Wildman–Crippen LogP) is 6.56. The van der Waals surface area contributed by atoms with Gasteiger partial charge in [0, 0.05) is 4.90 Å². The first-order valence-electron chi connectivity index (χ1n) is 13.7. The second-order valence-electron chi connectivity index (χ2n) is 9.99. The van der Waals surface area contributed by atoms with Gasteiger partial charge in [0.1, 0.15) is 29.9 Å². The summed E-state index contributed by atoms with van der Waals surface area (Å²) >= 11 is 1.55. The van der Waals surface area contributed by atoms with Crippen molar-refractivity contribution >= 4 is 11.8 Å². The number of hydrogen-bond acceptors (Lipinski definition) is 6. The summed E-state index contributed by atoms with van der Waals surface area (Å²) in [4.78, 5) is 1.05. The third-order valence-electron chi connectivity index (χ3n) is 6.85. The van der Waals surface area contributed by atoms with E-state index in [-0.39, 0.29) is 6.61 Å². The Morgan fingerprint density at radius 2 is 1.15 bits per heavy atom. The minimum Gasteiger partial charge on any atom is -0.387 e. The minimum absolute atomic E-state index is 0.280. The van der Waals surface area contributed by atoms with Crippen LogP contribution in [0.5, 0.6) is 0 Å². The van der Waals surface area contributed by atoms with Crippen LogP contribution in [0, 0.1) is 6.92 Å². The largest absolute Gasteiger partial charge is 0.387 e. The highest BCUT2D eigenvalue weighted by atomic mass is 32.2. The Balaban J connectivity index is 1.35. The number of ether oxygens (including phenoxy) is 4. The number of aliphatic hydroxyl groups excluding tert-OH is 1. The Kier molecular flexibility index (Phi) is 10.4. The van der Waals surface area contributed by atoms with Gasteiger partial charge in [-0.1, -0.05) is 120 Å². The normalized spacial score (nSPS) is 22.7. The van der Waals surface area contributed by atoms with Crippen LogP contribution in [0.3, 0.4) is 0 Å². The van der Waals surface area contributed by atoms with Gasteiger partial charge >= 0.3 is 0 Å². The topological polar surface area (TPSA) is 57.2 Å². The monoisotopic (exact) mass is 556 g/mol. The second-order valence-corrected chi connectivity index (χ2v) is 11.2. The maximum absolute atomic E-state index is 11.8. The number of aliphatic hydroxyl groups is 1. The van der Waals surface area contributed by atoms with Crippen molar-refractivity contribution in [3.8, 4) is 0 Å². The summed E-state index contributed by atoms with van der Waals surface area (Å²) in [5.74, 6) is 0. The summed E-state index contributed by atoms with van der Waals surface area (Å²) in [6, 6.07) is 38.3. The molecule has 40 heavy (non-hydrogen) atoms. The molecule has 1 saturated heterocycles. The SMILES string of the molecule is Cc1ccc(SC2OC(COCc3ccccc3)C(OCc3ccccc3)C(O)C2OCc2ccccc2)cc1. The molecule has 6 heteroatoms. The van der Waals surface area contributed by atoms with E-state index < -0.39 is 29.9 Å². The van der Waals surface area contributed by atoms with Crippen LogP contribution in [-0.4, -0.2) is 41.6 Å². The third kappa shape index (κ3) is 8.04. The highest BCUT2D eigenvalue weighted by Crippen LogP contribution is 2.37. The smallest absolute Gasteiger partial charge is 0.137 e. The van der Waals surface area contributed by atoms with Crippen LogP contribution in [-0.2, 0) is 38.8 Å². The maximum atomic E-state index is 11.8. The van der Waals surface area contributed by atoms with Crippen molar-refractivity contribution in [1.29, 1.82) is 0 Å². The molecule has 0 amide bonds. The van der Waals surface area contributed by atoms with Gasteiger partial charge in [0.2, 0.25) is 0 Å². The molecule has 5 unspecified atom stereocenters. The standard InChI is InChI=1S/C34H36O5S/c1-25-17-19-29(20-18-25)40-34-33(38-23-28-15-9-4-10-16-28)31(35)32(37-22-27-13-7-3-8-14-27)30(39-34)24-36-21-26-11-5-2-6-12-26/h2-20,30-35H,21-24H2,1H3. The lowest BCUT2D eigenvalue weighted by Gasteiger charge is -2.44. The fourth-order valence-electron chi connectivity index (χ4n) is 4.66. The summed E-state index contributed by atoms with van der Waals surface area (Å²) in [5.41, 5.74) is 3.87. The summed E-state index contributed by atoms with van der Waals surface area (Å²) in [5, 5.41) is 11.8. The van der Waals surface area contributed by atoms with Crippen molar-refractivity contribution < 1.29 is 24.1 Å². The molecule has 5 nitrogen and oxygen atoms in total. The zero-order chi connectivity index (χ0) is 27.6. The van der Waals surface area contributed by atoms with Gasteiger partial charge in [0.15, 0.2) is 0 Å². The number of rotatable bonds is 12. The zero-order valence-electron chi connectivity index (χ0n) is 22.7. The van der Waals surface area contributed by atoms with Crippen LogP contribution < -0.4 is 0 Å². The maximum Gasteiger partial charge on any atom is 0.137 e. The Morgan fingerprint density at radius 3 is 1.70 bits per heavy atom. The van der Waals surface area contributed by atoms with Crippen molar-refractivity contribution in [3.63, 3.8) is 0 Å². The van der Waals surface area contributed by atoms with Crippen LogP contribution in [0.15, 0.2) is 120 Å². The molecule has 0 aromatic heterocycles. The van der Waals surface area contributed by atoms with Gasteiger partial charge in [0.25, 0.3) is 0 Å². The number of thioether (sulfide) groups is 1. The lowest BCUT2D eigenvalue weighted by molar-refractivity contribution is -0.240. The molecule has 0 radical (unpaired) electrons. The molecule has 1 aliphatic rings. The lowest BCUT2D eigenvalue weighted by atomic mass is 9.99. The first kappa shape index (κ1) is 28.6. The van der Waals surface area contributed by atoms with E-state index in [0.29, 0.717) is 19.8 Å². The summed E-state index contributed by atoms with van der Waals surface area (Å²) in [7, 11) is 0. The van der Waals surface area contributed by atoms with Gasteiger partial charge in [-0.25, -0.2) is 0 Å². The first-order valence-corrected chi connectivity index (χ1v) is 14.5. The fraction of sp³-hybridized carbons (Fsp3) is 0.294. The zero-order valence-corrected chi connectivity index (χ0v) is 23.5. The molecule has 208 valence electrons. The van der Waals surface area contributed by atoms with Crippen molar-refractivity contribution in [2.75, 3.05) is 6.61 Å². The first-order chi connectivity index (χ1) is 19.7. The molecule has 1 N–H and O–H groups in total. The molecule has 0 saturated carbocycles. The van der Waals surface area contributed by atoms with Gasteiger partial charge in [-0.2, -0.15) is 0 Å². The van der Waals surface area contributed by atoms with Crippen LogP contribution in [0.1, 0.15) is 22.3 Å². The molecule has 0 bridgehead atoms. The summed E-state index contributed by atoms with van der Waals surface area (Å²) in [6.07, 6.45) is -2.65. The van der Waals surface area contributed by atoms with E-state index in [1.54, 1.807) is 11.8 Å². The van der Waals surface area contributed by atoms with Gasteiger partial charge in [-0.3, -0.25) is 0 Å². The molecular formula is C34H36O5S. The summed E-state index contributed by atoms with van der Waals surface area (Å²) in [6.45, 7) is 3.50. The lowest BCUT2D eigenvalue weighted by Crippen LogP contribution is -2.59. The Morgan fingerprint density at radius 1 is 0.650 bits per heavy atom. The Labute approximate surface area is 241 Å². The minimum atomic E-state index is -0.922. The third-order valence-corrected chi connectivity index (χ3v) is 8.01. The predicted molar refractivity (Wildman–Crippen MR) is 158 cm³/mol. The number of hydrogen-bond donors (Lipinski definition) is 1. The van der Waals surface area contributed by atoms with Crippen LogP contribution in [0.25, 0.3) is 0 Å². The van der Waals surface area contributed by atoms with Crippen molar-refractivity contribution in [2.45, 2.75) is 61.5 Å². The number of benzene rings is 4. The Hall–Kier alpha value is -2.97. The van der Waals surface area contributed by atoms with E-state index in [0.717, 1.165) is 21.6 Å². The molecular weight excluding hydrogens is 520 g/mol. The highest BCUT2D eigenvalue weighted by molar-refractivity contribution is 7.99. The van der Waals surface area contributed by atoms with Gasteiger partial charge in [0.05, 0.1) is 26.4 Å². The van der Waals surface area contributed by atoms with Crippen molar-refractivity contribution in [2.24, 2.45) is 0 Å². The van der Waals surface area contributed by atoms with Crippen LogP contribution >= 0.6 is 11.8 Å². The fourth-order valence-corrected chi connectivity index (χ4v) is 5.79. The van der Waals surface area contributed by atoms with E-state index in [1.807, 2.05) is 91.0 Å². The summed E-state index contributed by atoms with van der Waals surface area (Å²) < 4.78 is 25.5. The van der Waals surface area contributed by atoms with Crippen LogP contribution in [0.2, 0.25) is 0 Å². The molecule has 1 aliphatic heterocycles. The molecule has 4 aromatic rings. The average Bonchev–Trinajstić information content (AvgIpc) is 2.99. The van der Waals surface area contributed by atoms with E-state index >= 15 is 0 Å². The molecule has 0 spiro atoms. The van der Waals surface area contributed by atoms with Gasteiger partial charge in [-0.15, -0.1) is 0 Å². The van der Waals surface area contributed by atoms with E-state index in [1.165, 1.54) is 5.56 Å². The average molecular weight is 557 g/mol. The molecule has 1 heterocycles. The van der Waals surface area contributed by atoms with Crippen LogP contribution in [0.4, 0.5) is 0 Å². The van der Waals surface area contributed by atoms with Gasteiger partial charge in [-0.05, 0) is 35.7 Å². The molecule has 5 rings (SSSR count). The quantitative estimate of drug-likeness (QED) is 0.213. The number of aryl methyl sites for hydroxylation is 1. The van der Waals surface area contributed by atoms with Crippen molar-refractivity contribution in [3.05, 3.63) is 138 Å². The molecule has 4 aromatic carbocycles. The highest BCUT2D eigenvalue weighted by Gasteiger charge is 2.47. The molecule has 1 fully saturated rings. The van der Waals surface area contributed by atoms with E-state index in [2.05, 4.69) is 31.2 Å². The second kappa shape index (κ2) is 14.6. The van der Waals surface area contributed by atoms with E-state index in [9.17, 15) is 5.11 Å². The van der Waals surface area contributed by atoms with Crippen molar-refractivity contribution in [1.82, 2.24) is 0 Å². The molecule has 5 atom stereocenters. The van der Waals surface area contributed by atoms with Gasteiger partial charge < -0.3 is 24.1 Å². The molecule has 0 aliphatic carbocycles.